The lowest BCUT2D eigenvalue weighted by Crippen LogP contribution is -2.35. The molecule has 0 aliphatic rings. The van der Waals surface area contributed by atoms with E-state index in [2.05, 4.69) is 0 Å². The second kappa shape index (κ2) is 6.45. The molecule has 2 aromatic rings. The minimum atomic E-state index is -2.01. The lowest BCUT2D eigenvalue weighted by molar-refractivity contribution is -0.386. The van der Waals surface area contributed by atoms with Gasteiger partial charge in [0, 0.05) is 5.56 Å². The lowest BCUT2D eigenvalue weighted by atomic mass is 9.75. The van der Waals surface area contributed by atoms with Gasteiger partial charge in [-0.05, 0) is 19.1 Å². The smallest absolute Gasteiger partial charge is 0.318 e. The molecule has 8 heteroatoms. The van der Waals surface area contributed by atoms with Crippen LogP contribution in [0.2, 0.25) is 5.02 Å². The van der Waals surface area contributed by atoms with Crippen molar-refractivity contribution in [3.8, 4) is 5.75 Å². The summed E-state index contributed by atoms with van der Waals surface area (Å²) < 4.78 is 19.2. The van der Waals surface area contributed by atoms with E-state index in [1.165, 1.54) is 32.2 Å². The SMILES string of the molecule is COc1cc([N+](=O)[O-])c(C(C)(C(=O)O)c2ccccc2F)cc1Cl. The molecule has 24 heavy (non-hydrogen) atoms. The van der Waals surface area contributed by atoms with Crippen LogP contribution in [0.25, 0.3) is 0 Å². The normalized spacial score (nSPS) is 13.2. The van der Waals surface area contributed by atoms with E-state index < -0.39 is 27.8 Å². The zero-order chi connectivity index (χ0) is 18.1. The van der Waals surface area contributed by atoms with Gasteiger partial charge >= 0.3 is 5.97 Å². The topological polar surface area (TPSA) is 89.7 Å². The van der Waals surface area contributed by atoms with Crippen molar-refractivity contribution in [3.05, 3.63) is 68.5 Å². The van der Waals surface area contributed by atoms with Crippen LogP contribution in [0.4, 0.5) is 10.1 Å². The van der Waals surface area contributed by atoms with Gasteiger partial charge in [0.05, 0.1) is 28.7 Å². The molecule has 0 bridgehead atoms. The van der Waals surface area contributed by atoms with E-state index in [-0.39, 0.29) is 21.9 Å². The van der Waals surface area contributed by atoms with Crippen molar-refractivity contribution < 1.29 is 24.0 Å². The van der Waals surface area contributed by atoms with Crippen LogP contribution in [-0.2, 0) is 10.2 Å². The molecule has 0 radical (unpaired) electrons. The number of methoxy groups -OCH3 is 1. The zero-order valence-corrected chi connectivity index (χ0v) is 13.5. The van der Waals surface area contributed by atoms with Crippen LogP contribution in [0.1, 0.15) is 18.1 Å². The first-order chi connectivity index (χ1) is 11.2. The monoisotopic (exact) mass is 353 g/mol. The Labute approximate surface area is 141 Å². The summed E-state index contributed by atoms with van der Waals surface area (Å²) >= 11 is 6.01. The van der Waals surface area contributed by atoms with E-state index in [1.54, 1.807) is 0 Å². The Balaban J connectivity index is 2.87. The molecule has 126 valence electrons. The van der Waals surface area contributed by atoms with E-state index >= 15 is 0 Å². The molecular weight excluding hydrogens is 341 g/mol. The third-order valence-electron chi connectivity index (χ3n) is 3.85. The van der Waals surface area contributed by atoms with Gasteiger partial charge in [0.2, 0.25) is 0 Å². The molecule has 0 fully saturated rings. The van der Waals surface area contributed by atoms with E-state index in [1.807, 2.05) is 0 Å². The summed E-state index contributed by atoms with van der Waals surface area (Å²) in [6.07, 6.45) is 0. The molecule has 1 unspecified atom stereocenters. The Morgan fingerprint density at radius 1 is 1.33 bits per heavy atom. The molecule has 0 heterocycles. The molecule has 0 saturated carbocycles. The van der Waals surface area contributed by atoms with Gasteiger partial charge in [-0.3, -0.25) is 14.9 Å². The molecular formula is C16H13ClFNO5. The van der Waals surface area contributed by atoms with Gasteiger partial charge in [-0.15, -0.1) is 0 Å². The first kappa shape index (κ1) is 17.7. The van der Waals surface area contributed by atoms with Gasteiger partial charge in [0.15, 0.2) is 0 Å². The number of rotatable bonds is 5. The van der Waals surface area contributed by atoms with Crippen molar-refractivity contribution in [2.45, 2.75) is 12.3 Å². The van der Waals surface area contributed by atoms with E-state index in [4.69, 9.17) is 16.3 Å². The largest absolute Gasteiger partial charge is 0.495 e. The molecule has 0 amide bonds. The minimum absolute atomic E-state index is 0.0121. The van der Waals surface area contributed by atoms with Crippen molar-refractivity contribution in [2.75, 3.05) is 7.11 Å². The number of hydrogen-bond acceptors (Lipinski definition) is 4. The number of aliphatic carboxylic acids is 1. The highest BCUT2D eigenvalue weighted by Gasteiger charge is 2.44. The molecule has 0 aromatic heterocycles. The number of nitro groups is 1. The molecule has 2 aromatic carbocycles. The number of nitrogens with zero attached hydrogens (tertiary/aromatic N) is 1. The average molecular weight is 354 g/mol. The Kier molecular flexibility index (Phi) is 4.75. The number of carbonyl (C=O) groups is 1. The van der Waals surface area contributed by atoms with Crippen LogP contribution in [0.5, 0.6) is 5.75 Å². The summed E-state index contributed by atoms with van der Waals surface area (Å²) in [7, 11) is 1.28. The summed E-state index contributed by atoms with van der Waals surface area (Å²) in [6.45, 7) is 1.19. The fourth-order valence-corrected chi connectivity index (χ4v) is 2.73. The summed E-state index contributed by atoms with van der Waals surface area (Å²) in [5.41, 5.74) is -2.98. The van der Waals surface area contributed by atoms with Crippen LogP contribution < -0.4 is 4.74 Å². The zero-order valence-electron chi connectivity index (χ0n) is 12.7. The standard InChI is InChI=1S/C16H13ClFNO5/c1-16(15(20)21,9-5-3-4-6-12(9)18)10-7-11(17)14(24-2)8-13(10)19(22)23/h3-8H,1-2H3,(H,20,21). The summed E-state index contributed by atoms with van der Waals surface area (Å²) in [6, 6.07) is 7.37. The van der Waals surface area contributed by atoms with Crippen LogP contribution in [-0.4, -0.2) is 23.1 Å². The minimum Gasteiger partial charge on any atom is -0.495 e. The molecule has 6 nitrogen and oxygen atoms in total. The van der Waals surface area contributed by atoms with Crippen molar-refractivity contribution in [3.63, 3.8) is 0 Å². The third kappa shape index (κ3) is 2.78. The maximum Gasteiger partial charge on any atom is 0.318 e. The molecule has 1 atom stereocenters. The number of halogens is 2. The molecule has 0 aliphatic carbocycles. The van der Waals surface area contributed by atoms with E-state index in [9.17, 15) is 24.4 Å². The van der Waals surface area contributed by atoms with Gasteiger partial charge in [0.1, 0.15) is 17.0 Å². The molecule has 0 spiro atoms. The molecule has 2 rings (SSSR count). The predicted octanol–water partition coefficient (Wildman–Crippen LogP) is 3.79. The number of hydrogen-bond donors (Lipinski definition) is 1. The highest BCUT2D eigenvalue weighted by molar-refractivity contribution is 6.32. The van der Waals surface area contributed by atoms with Gasteiger partial charge < -0.3 is 9.84 Å². The Morgan fingerprint density at radius 3 is 2.46 bits per heavy atom. The quantitative estimate of drug-likeness (QED) is 0.652. The number of benzene rings is 2. The maximum atomic E-state index is 14.2. The molecule has 0 aliphatic heterocycles. The number of carboxylic acid groups (broad SMARTS) is 1. The van der Waals surface area contributed by atoms with E-state index in [0.717, 1.165) is 18.2 Å². The maximum absolute atomic E-state index is 14.2. The fraction of sp³-hybridized carbons (Fsp3) is 0.188. The van der Waals surface area contributed by atoms with Crippen LogP contribution >= 0.6 is 11.6 Å². The number of nitro benzene ring substituents is 1. The van der Waals surface area contributed by atoms with Gasteiger partial charge in [-0.1, -0.05) is 29.8 Å². The Bertz CT molecular complexity index is 826. The number of ether oxygens (including phenoxy) is 1. The average Bonchev–Trinajstić information content (AvgIpc) is 2.53. The van der Waals surface area contributed by atoms with Crippen LogP contribution in [0, 0.1) is 15.9 Å². The highest BCUT2D eigenvalue weighted by atomic mass is 35.5. The lowest BCUT2D eigenvalue weighted by Gasteiger charge is -2.26. The Morgan fingerprint density at radius 2 is 1.96 bits per heavy atom. The van der Waals surface area contributed by atoms with Crippen molar-refractivity contribution in [2.24, 2.45) is 0 Å². The first-order valence-corrected chi connectivity index (χ1v) is 7.12. The fourth-order valence-electron chi connectivity index (χ4n) is 2.49. The molecule has 1 N–H and O–H groups in total. The Hall–Kier alpha value is -2.67. The van der Waals surface area contributed by atoms with Crippen molar-refractivity contribution in [1.29, 1.82) is 0 Å². The third-order valence-corrected chi connectivity index (χ3v) is 4.14. The summed E-state index contributed by atoms with van der Waals surface area (Å²) in [5.74, 6) is -2.21. The molecule has 0 saturated heterocycles. The van der Waals surface area contributed by atoms with Crippen molar-refractivity contribution in [1.82, 2.24) is 0 Å². The summed E-state index contributed by atoms with van der Waals surface area (Å²) in [5, 5.41) is 21.1. The predicted molar refractivity (Wildman–Crippen MR) is 85.1 cm³/mol. The van der Waals surface area contributed by atoms with Gasteiger partial charge in [-0.25, -0.2) is 4.39 Å². The van der Waals surface area contributed by atoms with Gasteiger partial charge in [0.25, 0.3) is 5.69 Å². The second-order valence-corrected chi connectivity index (χ2v) is 5.58. The highest BCUT2D eigenvalue weighted by Crippen LogP contribution is 2.43. The van der Waals surface area contributed by atoms with Crippen LogP contribution in [0.15, 0.2) is 36.4 Å². The van der Waals surface area contributed by atoms with Crippen LogP contribution in [0.3, 0.4) is 0 Å². The first-order valence-electron chi connectivity index (χ1n) is 6.74. The number of carboxylic acids is 1. The second-order valence-electron chi connectivity index (χ2n) is 5.17. The van der Waals surface area contributed by atoms with E-state index in [0.29, 0.717) is 0 Å². The van der Waals surface area contributed by atoms with Gasteiger partial charge in [-0.2, -0.15) is 0 Å². The van der Waals surface area contributed by atoms with Crippen molar-refractivity contribution >= 4 is 23.3 Å². The summed E-state index contributed by atoms with van der Waals surface area (Å²) in [4.78, 5) is 22.6.